The van der Waals surface area contributed by atoms with Crippen LogP contribution >= 0.6 is 0 Å². The zero-order valence-corrected chi connectivity index (χ0v) is 23.1. The van der Waals surface area contributed by atoms with Gasteiger partial charge in [0.2, 0.25) is 5.91 Å². The van der Waals surface area contributed by atoms with Gasteiger partial charge in [-0.05, 0) is 107 Å². The average molecular weight is 499 g/mol. The summed E-state index contributed by atoms with van der Waals surface area (Å²) >= 11 is 0. The topological polar surface area (TPSA) is 92.2 Å². The van der Waals surface area contributed by atoms with Crippen LogP contribution in [0.3, 0.4) is 0 Å². The molecule has 3 aliphatic heterocycles. The Kier molecular flexibility index (Phi) is 7.98. The maximum absolute atomic E-state index is 11.7. The van der Waals surface area contributed by atoms with Crippen LogP contribution in [0.15, 0.2) is 0 Å². The third-order valence-electron chi connectivity index (χ3n) is 11.0. The second-order valence-electron chi connectivity index (χ2n) is 13.3. The number of amides is 1. The van der Waals surface area contributed by atoms with E-state index in [-0.39, 0.29) is 17.4 Å². The maximum atomic E-state index is 11.7. The Labute approximate surface area is 218 Å². The van der Waals surface area contributed by atoms with Gasteiger partial charge in [-0.2, -0.15) is 5.26 Å². The lowest BCUT2D eigenvalue weighted by Crippen LogP contribution is -2.59. The molecular formula is C29H50N6O. The molecule has 7 nitrogen and oxygen atoms in total. The Morgan fingerprint density at radius 1 is 1.03 bits per heavy atom. The SMILES string of the molecule is CCN1NC(C2CCC(C(C)(C)C#N)CC2)C2C3CC(C4CNCC(NC(C)=O)C4)CCC3NCC21. The minimum absolute atomic E-state index is 0.0953. The molecule has 36 heavy (non-hydrogen) atoms. The van der Waals surface area contributed by atoms with Crippen molar-refractivity contribution in [2.24, 2.45) is 40.9 Å². The predicted molar refractivity (Wildman–Crippen MR) is 143 cm³/mol. The first-order valence-electron chi connectivity index (χ1n) is 15.0. The zero-order chi connectivity index (χ0) is 25.4. The van der Waals surface area contributed by atoms with Gasteiger partial charge in [-0.25, -0.2) is 5.01 Å². The fourth-order valence-corrected chi connectivity index (χ4v) is 9.01. The summed E-state index contributed by atoms with van der Waals surface area (Å²) in [6.07, 6.45) is 9.96. The van der Waals surface area contributed by atoms with Crippen molar-refractivity contribution in [1.82, 2.24) is 26.4 Å². The van der Waals surface area contributed by atoms with Crippen LogP contribution in [0.2, 0.25) is 0 Å². The highest BCUT2D eigenvalue weighted by molar-refractivity contribution is 5.73. The van der Waals surface area contributed by atoms with E-state index in [9.17, 15) is 10.1 Å². The van der Waals surface area contributed by atoms with Crippen molar-refractivity contribution in [2.75, 3.05) is 26.2 Å². The molecular weight excluding hydrogens is 448 g/mol. The molecule has 2 aliphatic carbocycles. The Morgan fingerprint density at radius 2 is 1.78 bits per heavy atom. The van der Waals surface area contributed by atoms with Crippen LogP contribution in [0.4, 0.5) is 0 Å². The van der Waals surface area contributed by atoms with Gasteiger partial charge in [-0.1, -0.05) is 6.92 Å². The van der Waals surface area contributed by atoms with Crippen LogP contribution in [-0.4, -0.2) is 61.3 Å². The number of rotatable bonds is 5. The second-order valence-corrected chi connectivity index (χ2v) is 13.3. The van der Waals surface area contributed by atoms with Crippen molar-refractivity contribution in [1.29, 1.82) is 5.26 Å². The number of nitrogens with one attached hydrogen (secondary N) is 4. The Bertz CT molecular complexity index is 817. The van der Waals surface area contributed by atoms with E-state index in [1.165, 1.54) is 44.9 Å². The molecule has 0 aromatic rings. The summed E-state index contributed by atoms with van der Waals surface area (Å²) in [5.74, 6) is 4.21. The van der Waals surface area contributed by atoms with Gasteiger partial charge in [0.1, 0.15) is 0 Å². The molecule has 5 aliphatic rings. The first-order valence-corrected chi connectivity index (χ1v) is 15.0. The van der Waals surface area contributed by atoms with Crippen molar-refractivity contribution in [3.63, 3.8) is 0 Å². The molecule has 202 valence electrons. The van der Waals surface area contributed by atoms with Crippen LogP contribution in [0.25, 0.3) is 0 Å². The van der Waals surface area contributed by atoms with E-state index in [0.717, 1.165) is 50.4 Å². The lowest BCUT2D eigenvalue weighted by atomic mass is 9.60. The number of hydrogen-bond acceptors (Lipinski definition) is 6. The molecule has 2 saturated carbocycles. The highest BCUT2D eigenvalue weighted by Crippen LogP contribution is 2.49. The summed E-state index contributed by atoms with van der Waals surface area (Å²) in [6.45, 7) is 12.4. The number of piperidine rings is 2. The second kappa shape index (κ2) is 10.9. The first-order chi connectivity index (χ1) is 17.3. The van der Waals surface area contributed by atoms with Crippen molar-refractivity contribution in [3.05, 3.63) is 0 Å². The van der Waals surface area contributed by atoms with Gasteiger partial charge in [0.05, 0.1) is 11.5 Å². The highest BCUT2D eigenvalue weighted by atomic mass is 16.1. The summed E-state index contributed by atoms with van der Waals surface area (Å²) in [6, 6.07) is 4.68. The number of fused-ring (bicyclic) bond motifs is 3. The molecule has 0 bridgehead atoms. The summed E-state index contributed by atoms with van der Waals surface area (Å²) in [5.41, 5.74) is 3.84. The molecule has 1 amide bonds. The average Bonchev–Trinajstić information content (AvgIpc) is 3.27. The summed E-state index contributed by atoms with van der Waals surface area (Å²) in [5, 5.41) is 23.0. The minimum Gasteiger partial charge on any atom is -0.352 e. The quantitative estimate of drug-likeness (QED) is 0.466. The van der Waals surface area contributed by atoms with Gasteiger partial charge in [0.25, 0.3) is 0 Å². The normalized spacial score (nSPS) is 43.8. The molecule has 0 aromatic heterocycles. The Hall–Kier alpha value is -1.20. The van der Waals surface area contributed by atoms with Crippen molar-refractivity contribution < 1.29 is 4.79 Å². The number of likely N-dealkylation sites (N-methyl/N-ethyl adjacent to an activating group) is 1. The number of carbonyl (C=O) groups is 1. The van der Waals surface area contributed by atoms with Crippen molar-refractivity contribution >= 4 is 5.91 Å². The van der Waals surface area contributed by atoms with Gasteiger partial charge < -0.3 is 16.0 Å². The molecule has 0 aromatic carbocycles. The third-order valence-corrected chi connectivity index (χ3v) is 11.0. The number of carbonyl (C=O) groups excluding carboxylic acids is 1. The monoisotopic (exact) mass is 498 g/mol. The molecule has 3 heterocycles. The highest BCUT2D eigenvalue weighted by Gasteiger charge is 2.54. The predicted octanol–water partition coefficient (Wildman–Crippen LogP) is 3.04. The van der Waals surface area contributed by atoms with Crippen LogP contribution in [0.5, 0.6) is 0 Å². The van der Waals surface area contributed by atoms with Gasteiger partial charge in [-0.3, -0.25) is 10.2 Å². The summed E-state index contributed by atoms with van der Waals surface area (Å²) in [4.78, 5) is 11.7. The molecule has 5 fully saturated rings. The van der Waals surface area contributed by atoms with Crippen LogP contribution in [-0.2, 0) is 4.79 Å². The maximum Gasteiger partial charge on any atom is 0.217 e. The Morgan fingerprint density at radius 3 is 2.47 bits per heavy atom. The van der Waals surface area contributed by atoms with E-state index in [0.29, 0.717) is 35.9 Å². The Balaban J connectivity index is 1.29. The van der Waals surface area contributed by atoms with E-state index in [1.54, 1.807) is 6.92 Å². The largest absolute Gasteiger partial charge is 0.352 e. The molecule has 5 rings (SSSR count). The molecule has 3 saturated heterocycles. The lowest BCUT2D eigenvalue weighted by Gasteiger charge is -2.50. The molecule has 8 atom stereocenters. The third kappa shape index (κ3) is 5.21. The van der Waals surface area contributed by atoms with E-state index in [2.05, 4.69) is 53.2 Å². The number of nitriles is 1. The minimum atomic E-state index is -0.203. The van der Waals surface area contributed by atoms with Crippen molar-refractivity contribution in [2.45, 2.75) is 103 Å². The smallest absolute Gasteiger partial charge is 0.217 e. The van der Waals surface area contributed by atoms with E-state index in [4.69, 9.17) is 0 Å². The molecule has 7 heteroatoms. The lowest BCUT2D eigenvalue weighted by molar-refractivity contribution is -0.119. The number of nitrogens with zero attached hydrogens (tertiary/aromatic N) is 2. The van der Waals surface area contributed by atoms with E-state index < -0.39 is 0 Å². The fourth-order valence-electron chi connectivity index (χ4n) is 9.01. The summed E-state index contributed by atoms with van der Waals surface area (Å²) in [7, 11) is 0. The number of hydrogen-bond donors (Lipinski definition) is 4. The fraction of sp³-hybridized carbons (Fsp3) is 0.931. The number of hydrazine groups is 1. The standard InChI is InChI=1S/C29H50N6O/c1-5-35-26-16-32-25-11-8-20(21-12-23(15-31-14-21)33-18(2)36)13-24(25)27(26)28(34-35)19-6-9-22(10-7-19)29(3,4)17-30/h19-28,31-32,34H,5-16H2,1-4H3,(H,33,36). The molecule has 4 N–H and O–H groups in total. The van der Waals surface area contributed by atoms with Gasteiger partial charge in [0, 0.05) is 50.7 Å². The van der Waals surface area contributed by atoms with Crippen molar-refractivity contribution in [3.8, 4) is 6.07 Å². The van der Waals surface area contributed by atoms with Gasteiger partial charge in [0.15, 0.2) is 0 Å². The molecule has 8 unspecified atom stereocenters. The summed E-state index contributed by atoms with van der Waals surface area (Å²) < 4.78 is 0. The van der Waals surface area contributed by atoms with E-state index in [1.807, 2.05) is 0 Å². The van der Waals surface area contributed by atoms with Crippen LogP contribution in [0.1, 0.15) is 79.1 Å². The molecule has 0 spiro atoms. The van der Waals surface area contributed by atoms with Gasteiger partial charge >= 0.3 is 0 Å². The van der Waals surface area contributed by atoms with Crippen LogP contribution < -0.4 is 21.4 Å². The first kappa shape index (κ1) is 26.4. The molecule has 0 radical (unpaired) electrons. The van der Waals surface area contributed by atoms with Crippen LogP contribution in [0, 0.1) is 52.3 Å². The van der Waals surface area contributed by atoms with E-state index >= 15 is 0 Å². The van der Waals surface area contributed by atoms with Gasteiger partial charge in [-0.15, -0.1) is 0 Å². The zero-order valence-electron chi connectivity index (χ0n) is 23.1.